The molecule has 39 heavy (non-hydrogen) atoms. The second-order valence-electron chi connectivity index (χ2n) is 11.4. The molecule has 1 saturated heterocycles. The fourth-order valence-electron chi connectivity index (χ4n) is 5.97. The predicted molar refractivity (Wildman–Crippen MR) is 160 cm³/mol. The minimum atomic E-state index is -0.138. The molecule has 0 spiro atoms. The maximum absolute atomic E-state index is 13.2. The van der Waals surface area contributed by atoms with E-state index in [-0.39, 0.29) is 11.9 Å². The summed E-state index contributed by atoms with van der Waals surface area (Å²) in [6.45, 7) is 11.3. The molecular formula is C31H42N6O2. The standard InChI is InChI=1S/C31H42N6O2/c1-21(20-34(3)4)33-31(38)29-26-19-27-25-9-8-23(39-17-7-12-37-15-13-35(5)14-16-37)18-28(25)36(6)30(27)22(2)24(26)10-11-32-29/h8-11,18-19,21H,7,12-17,20H2,1-6H3,(H,33,38)/t21-/m1/s1. The van der Waals surface area contributed by atoms with Gasteiger partial charge in [-0.15, -0.1) is 0 Å². The Labute approximate surface area is 231 Å². The molecule has 1 atom stereocenters. The van der Waals surface area contributed by atoms with Crippen molar-refractivity contribution in [3.8, 4) is 5.75 Å². The van der Waals surface area contributed by atoms with Crippen LogP contribution in [0.5, 0.6) is 5.75 Å². The third-order valence-corrected chi connectivity index (χ3v) is 7.96. The molecule has 2 aromatic carbocycles. The lowest BCUT2D eigenvalue weighted by molar-refractivity contribution is 0.0931. The molecule has 0 saturated carbocycles. The Hall–Kier alpha value is -3.20. The highest BCUT2D eigenvalue weighted by atomic mass is 16.5. The van der Waals surface area contributed by atoms with Gasteiger partial charge < -0.3 is 29.3 Å². The quantitative estimate of drug-likeness (QED) is 0.331. The molecule has 1 amide bonds. The third kappa shape index (κ3) is 5.73. The Balaban J connectivity index is 1.40. The molecule has 2 aromatic heterocycles. The number of aromatic nitrogens is 2. The SMILES string of the molecule is Cc1c2ccnc(C(=O)N[C@H](C)CN(C)C)c2cc2c3ccc(OCCCN4CCN(C)CC4)cc3n(C)c12. The minimum absolute atomic E-state index is 0.0203. The fourth-order valence-corrected chi connectivity index (χ4v) is 5.97. The number of ether oxygens (including phenoxy) is 1. The van der Waals surface area contributed by atoms with Crippen molar-refractivity contribution >= 4 is 38.5 Å². The molecule has 0 unspecified atom stereocenters. The van der Waals surface area contributed by atoms with Crippen molar-refractivity contribution in [1.82, 2.24) is 29.6 Å². The van der Waals surface area contributed by atoms with Crippen molar-refractivity contribution in [3.05, 3.63) is 47.8 Å². The Morgan fingerprint density at radius 2 is 1.82 bits per heavy atom. The molecule has 4 aromatic rings. The van der Waals surface area contributed by atoms with Crippen molar-refractivity contribution in [2.45, 2.75) is 26.3 Å². The van der Waals surface area contributed by atoms with E-state index in [2.05, 4.69) is 74.9 Å². The molecule has 1 aliphatic rings. The van der Waals surface area contributed by atoms with Crippen LogP contribution in [0.25, 0.3) is 32.6 Å². The fraction of sp³-hybridized carbons (Fsp3) is 0.484. The van der Waals surface area contributed by atoms with Crippen LogP contribution >= 0.6 is 0 Å². The van der Waals surface area contributed by atoms with Gasteiger partial charge in [-0.2, -0.15) is 0 Å². The van der Waals surface area contributed by atoms with Crippen molar-refractivity contribution in [2.75, 3.05) is 67.0 Å². The molecule has 8 nitrogen and oxygen atoms in total. The maximum atomic E-state index is 13.2. The zero-order valence-electron chi connectivity index (χ0n) is 24.3. The highest BCUT2D eigenvalue weighted by Gasteiger charge is 2.20. The summed E-state index contributed by atoms with van der Waals surface area (Å²) < 4.78 is 8.43. The lowest BCUT2D eigenvalue weighted by atomic mass is 10.00. The van der Waals surface area contributed by atoms with Gasteiger partial charge in [0.15, 0.2) is 0 Å². The summed E-state index contributed by atoms with van der Waals surface area (Å²) in [6.07, 6.45) is 2.76. The molecule has 8 heteroatoms. The number of likely N-dealkylation sites (N-methyl/N-ethyl adjacent to an activating group) is 2. The first kappa shape index (κ1) is 27.4. The van der Waals surface area contributed by atoms with E-state index in [0.717, 1.165) is 84.1 Å². The largest absolute Gasteiger partial charge is 0.493 e. The van der Waals surface area contributed by atoms with Gasteiger partial charge in [-0.3, -0.25) is 9.78 Å². The van der Waals surface area contributed by atoms with E-state index < -0.39 is 0 Å². The summed E-state index contributed by atoms with van der Waals surface area (Å²) in [6, 6.07) is 10.5. The summed E-state index contributed by atoms with van der Waals surface area (Å²) in [7, 11) is 8.31. The Bertz CT molecular complexity index is 1490. The van der Waals surface area contributed by atoms with Crippen molar-refractivity contribution in [1.29, 1.82) is 0 Å². The third-order valence-electron chi connectivity index (χ3n) is 7.96. The Morgan fingerprint density at radius 3 is 2.56 bits per heavy atom. The van der Waals surface area contributed by atoms with Gasteiger partial charge in [-0.1, -0.05) is 0 Å². The maximum Gasteiger partial charge on any atom is 0.270 e. The van der Waals surface area contributed by atoms with E-state index >= 15 is 0 Å². The number of aryl methyl sites for hydroxylation is 2. The van der Waals surface area contributed by atoms with Crippen molar-refractivity contribution in [2.24, 2.45) is 7.05 Å². The van der Waals surface area contributed by atoms with Gasteiger partial charge in [0.2, 0.25) is 0 Å². The molecule has 1 aliphatic heterocycles. The zero-order chi connectivity index (χ0) is 27.7. The number of carbonyl (C=O) groups excluding carboxylic acids is 1. The molecule has 1 fully saturated rings. The lowest BCUT2D eigenvalue weighted by Gasteiger charge is -2.32. The molecule has 3 heterocycles. The first-order chi connectivity index (χ1) is 18.7. The number of nitrogens with zero attached hydrogens (tertiary/aromatic N) is 5. The lowest BCUT2D eigenvalue weighted by Crippen LogP contribution is -2.44. The first-order valence-electron chi connectivity index (χ1n) is 14.0. The summed E-state index contributed by atoms with van der Waals surface area (Å²) in [4.78, 5) is 24.7. The summed E-state index contributed by atoms with van der Waals surface area (Å²) in [5, 5.41) is 7.33. The van der Waals surface area contributed by atoms with Gasteiger partial charge in [0.1, 0.15) is 11.4 Å². The molecule has 0 bridgehead atoms. The van der Waals surface area contributed by atoms with Crippen molar-refractivity contribution < 1.29 is 9.53 Å². The van der Waals surface area contributed by atoms with Crippen LogP contribution in [-0.4, -0.2) is 103 Å². The average molecular weight is 531 g/mol. The van der Waals surface area contributed by atoms with E-state index in [0.29, 0.717) is 12.3 Å². The molecular weight excluding hydrogens is 488 g/mol. The van der Waals surface area contributed by atoms with Gasteiger partial charge in [0, 0.05) is 80.8 Å². The van der Waals surface area contributed by atoms with Crippen LogP contribution in [0, 0.1) is 6.92 Å². The van der Waals surface area contributed by atoms with E-state index in [1.54, 1.807) is 6.20 Å². The van der Waals surface area contributed by atoms with E-state index in [1.165, 1.54) is 5.52 Å². The monoisotopic (exact) mass is 530 g/mol. The number of hydrogen-bond acceptors (Lipinski definition) is 6. The second kappa shape index (κ2) is 11.5. The van der Waals surface area contributed by atoms with Crippen LogP contribution < -0.4 is 10.1 Å². The van der Waals surface area contributed by atoms with Crippen LogP contribution in [0.3, 0.4) is 0 Å². The molecule has 208 valence electrons. The average Bonchev–Trinajstić information content (AvgIpc) is 3.18. The zero-order valence-corrected chi connectivity index (χ0v) is 24.3. The number of benzene rings is 2. The number of piperazine rings is 1. The topological polar surface area (TPSA) is 65.9 Å². The van der Waals surface area contributed by atoms with Crippen LogP contribution in [0.1, 0.15) is 29.4 Å². The number of carbonyl (C=O) groups is 1. The Morgan fingerprint density at radius 1 is 1.05 bits per heavy atom. The number of fused-ring (bicyclic) bond motifs is 4. The van der Waals surface area contributed by atoms with Crippen LogP contribution in [0.4, 0.5) is 0 Å². The predicted octanol–water partition coefficient (Wildman–Crippen LogP) is 3.88. The number of amides is 1. The summed E-state index contributed by atoms with van der Waals surface area (Å²) in [5.74, 6) is 0.756. The smallest absolute Gasteiger partial charge is 0.270 e. The number of pyridine rings is 1. The van der Waals surface area contributed by atoms with Gasteiger partial charge >= 0.3 is 0 Å². The molecule has 5 rings (SSSR count). The molecule has 0 aliphatic carbocycles. The number of rotatable bonds is 9. The molecule has 1 N–H and O–H groups in total. The van der Waals surface area contributed by atoms with E-state index in [1.807, 2.05) is 27.1 Å². The second-order valence-corrected chi connectivity index (χ2v) is 11.4. The van der Waals surface area contributed by atoms with E-state index in [9.17, 15) is 4.79 Å². The van der Waals surface area contributed by atoms with Crippen LogP contribution in [-0.2, 0) is 7.05 Å². The minimum Gasteiger partial charge on any atom is -0.493 e. The number of hydrogen-bond donors (Lipinski definition) is 1. The van der Waals surface area contributed by atoms with Crippen LogP contribution in [0.2, 0.25) is 0 Å². The van der Waals surface area contributed by atoms with Gasteiger partial charge in [0.25, 0.3) is 5.91 Å². The Kier molecular flexibility index (Phi) is 8.07. The van der Waals surface area contributed by atoms with Crippen molar-refractivity contribution in [3.63, 3.8) is 0 Å². The van der Waals surface area contributed by atoms with E-state index in [4.69, 9.17) is 4.74 Å². The van der Waals surface area contributed by atoms with Crippen LogP contribution in [0.15, 0.2) is 36.5 Å². The highest BCUT2D eigenvalue weighted by Crippen LogP contribution is 2.37. The summed E-state index contributed by atoms with van der Waals surface area (Å²) in [5.41, 5.74) is 3.91. The molecule has 0 radical (unpaired) electrons. The normalized spacial score (nSPS) is 16.0. The van der Waals surface area contributed by atoms with Gasteiger partial charge in [0.05, 0.1) is 17.6 Å². The highest BCUT2D eigenvalue weighted by molar-refractivity contribution is 6.17. The van der Waals surface area contributed by atoms with Gasteiger partial charge in [-0.05, 0) is 76.6 Å². The van der Waals surface area contributed by atoms with Gasteiger partial charge in [-0.25, -0.2) is 0 Å². The first-order valence-corrected chi connectivity index (χ1v) is 14.0. The number of nitrogens with one attached hydrogen (secondary N) is 1. The summed E-state index contributed by atoms with van der Waals surface area (Å²) >= 11 is 0.